The van der Waals surface area contributed by atoms with Gasteiger partial charge in [-0.1, -0.05) is 13.8 Å². The van der Waals surface area contributed by atoms with Gasteiger partial charge in [0, 0.05) is 18.8 Å². The first-order chi connectivity index (χ1) is 9.72. The molecule has 0 aromatic carbocycles. The molecular weight excluding hydrogens is 272 g/mol. The van der Waals surface area contributed by atoms with Crippen molar-refractivity contribution in [3.63, 3.8) is 0 Å². The number of esters is 1. The molecule has 118 valence electrons. The average Bonchev–Trinajstić information content (AvgIpc) is 2.41. The highest BCUT2D eigenvalue weighted by atomic mass is 17.2. The van der Waals surface area contributed by atoms with Crippen LogP contribution < -0.4 is 0 Å². The minimum atomic E-state index is -0.882. The van der Waals surface area contributed by atoms with Crippen molar-refractivity contribution in [2.75, 3.05) is 0 Å². The molecule has 0 N–H and O–H groups in total. The quantitative estimate of drug-likeness (QED) is 0.550. The van der Waals surface area contributed by atoms with Crippen molar-refractivity contribution in [1.29, 1.82) is 0 Å². The van der Waals surface area contributed by atoms with Crippen molar-refractivity contribution in [3.8, 4) is 0 Å². The number of fused-ring (bicyclic) bond motifs is 1. The van der Waals surface area contributed by atoms with Gasteiger partial charge in [-0.05, 0) is 38.0 Å². The van der Waals surface area contributed by atoms with Crippen LogP contribution in [0.25, 0.3) is 0 Å². The fourth-order valence-corrected chi connectivity index (χ4v) is 4.74. The van der Waals surface area contributed by atoms with Crippen molar-refractivity contribution in [2.24, 2.45) is 10.8 Å². The van der Waals surface area contributed by atoms with Gasteiger partial charge in [-0.2, -0.15) is 0 Å². The van der Waals surface area contributed by atoms with Crippen LogP contribution in [0.3, 0.4) is 0 Å². The van der Waals surface area contributed by atoms with Crippen molar-refractivity contribution >= 4 is 11.8 Å². The molecule has 3 rings (SSSR count). The van der Waals surface area contributed by atoms with E-state index in [1.807, 2.05) is 6.92 Å². The molecule has 5 nitrogen and oxygen atoms in total. The number of hydrogen-bond donors (Lipinski definition) is 0. The van der Waals surface area contributed by atoms with Gasteiger partial charge in [0.05, 0.1) is 0 Å². The van der Waals surface area contributed by atoms with E-state index in [2.05, 4.69) is 13.8 Å². The lowest BCUT2D eigenvalue weighted by Crippen LogP contribution is -2.70. The summed E-state index contributed by atoms with van der Waals surface area (Å²) in [6.45, 7) is 7.72. The highest BCUT2D eigenvalue weighted by Crippen LogP contribution is 2.64. The van der Waals surface area contributed by atoms with Crippen LogP contribution in [-0.2, 0) is 24.1 Å². The normalized spacial score (nSPS) is 44.9. The van der Waals surface area contributed by atoms with E-state index in [0.29, 0.717) is 12.8 Å². The number of Topliss-reactive ketones (excluding diaryl/α,β-unsaturated/α-hetero) is 1. The molecular formula is C16H24O5. The van der Waals surface area contributed by atoms with Crippen molar-refractivity contribution in [2.45, 2.75) is 77.6 Å². The van der Waals surface area contributed by atoms with Gasteiger partial charge in [0.1, 0.15) is 12.2 Å². The standard InChI is InChI=1S/C16H24O5/c1-10(17)19-11-5-8-16-9-12(11)20-21-15(16,4)13(18)6-7-14(16,2)3/h11-12H,5-9H2,1-4H3/t11-,12-,15+,16+/m1/s1. The third-order valence-corrected chi connectivity index (χ3v) is 6.19. The van der Waals surface area contributed by atoms with Gasteiger partial charge >= 0.3 is 5.97 Å². The van der Waals surface area contributed by atoms with E-state index in [1.165, 1.54) is 6.92 Å². The number of ether oxygens (including phenoxy) is 1. The minimum Gasteiger partial charge on any atom is -0.460 e. The monoisotopic (exact) mass is 296 g/mol. The summed E-state index contributed by atoms with van der Waals surface area (Å²) in [4.78, 5) is 34.9. The van der Waals surface area contributed by atoms with Gasteiger partial charge in [0.15, 0.2) is 11.4 Å². The van der Waals surface area contributed by atoms with Crippen LogP contribution in [0.15, 0.2) is 0 Å². The molecule has 4 atom stereocenters. The molecule has 0 amide bonds. The van der Waals surface area contributed by atoms with Crippen molar-refractivity contribution in [3.05, 3.63) is 0 Å². The van der Waals surface area contributed by atoms with Crippen molar-refractivity contribution < 1.29 is 24.1 Å². The number of hydrogen-bond acceptors (Lipinski definition) is 5. The Morgan fingerprint density at radius 1 is 1.29 bits per heavy atom. The summed E-state index contributed by atoms with van der Waals surface area (Å²) in [7, 11) is 0. The zero-order valence-corrected chi connectivity index (χ0v) is 13.2. The first kappa shape index (κ1) is 15.0. The Bertz CT molecular complexity index is 485. The van der Waals surface area contributed by atoms with Crippen LogP contribution in [0.1, 0.15) is 59.8 Å². The van der Waals surface area contributed by atoms with Crippen molar-refractivity contribution in [1.82, 2.24) is 0 Å². The smallest absolute Gasteiger partial charge is 0.302 e. The Morgan fingerprint density at radius 2 is 2.00 bits per heavy atom. The molecule has 1 spiro atoms. The maximum Gasteiger partial charge on any atom is 0.302 e. The highest BCUT2D eigenvalue weighted by Gasteiger charge is 2.69. The second kappa shape index (κ2) is 4.53. The predicted molar refractivity (Wildman–Crippen MR) is 74.2 cm³/mol. The second-order valence-corrected chi connectivity index (χ2v) is 7.53. The Kier molecular flexibility index (Phi) is 3.23. The van der Waals surface area contributed by atoms with Crippen LogP contribution >= 0.6 is 0 Å². The largest absolute Gasteiger partial charge is 0.460 e. The maximum atomic E-state index is 12.5. The van der Waals surface area contributed by atoms with E-state index in [9.17, 15) is 9.59 Å². The van der Waals surface area contributed by atoms with E-state index in [4.69, 9.17) is 14.5 Å². The summed E-state index contributed by atoms with van der Waals surface area (Å²) >= 11 is 0. The number of ketones is 1. The fourth-order valence-electron chi connectivity index (χ4n) is 4.74. The molecule has 5 heteroatoms. The van der Waals surface area contributed by atoms with Gasteiger partial charge in [-0.25, -0.2) is 9.78 Å². The number of rotatable bonds is 1. The van der Waals surface area contributed by atoms with Gasteiger partial charge in [0.25, 0.3) is 0 Å². The predicted octanol–water partition coefficient (Wildman–Crippen LogP) is 2.57. The fraction of sp³-hybridized carbons (Fsp3) is 0.875. The van der Waals surface area contributed by atoms with E-state index in [1.54, 1.807) is 0 Å². The van der Waals surface area contributed by atoms with Crippen LogP contribution in [-0.4, -0.2) is 29.6 Å². The second-order valence-electron chi connectivity index (χ2n) is 7.53. The molecule has 0 radical (unpaired) electrons. The SMILES string of the molecule is CC(=O)O[C@@H]1CC[C@@]23C[C@H]1OO[C@@]2(C)C(=O)CCC3(C)C. The molecule has 3 fully saturated rings. The molecule has 21 heavy (non-hydrogen) atoms. The first-order valence-corrected chi connectivity index (χ1v) is 7.77. The summed E-state index contributed by atoms with van der Waals surface area (Å²) in [5, 5.41) is 0. The maximum absolute atomic E-state index is 12.5. The van der Waals surface area contributed by atoms with Gasteiger partial charge in [0.2, 0.25) is 0 Å². The van der Waals surface area contributed by atoms with Gasteiger partial charge in [-0.15, -0.1) is 0 Å². The minimum absolute atomic E-state index is 0.00111. The lowest BCUT2D eigenvalue weighted by molar-refractivity contribution is -0.456. The molecule has 0 aromatic heterocycles. The summed E-state index contributed by atoms with van der Waals surface area (Å²) in [5.41, 5.74) is -1.12. The number of carbonyl (C=O) groups is 2. The summed E-state index contributed by atoms with van der Waals surface area (Å²) in [5.74, 6) is -0.168. The molecule has 0 unspecified atom stereocenters. The first-order valence-electron chi connectivity index (χ1n) is 7.77. The van der Waals surface area contributed by atoms with Gasteiger partial charge in [-0.3, -0.25) is 9.59 Å². The Balaban J connectivity index is 1.95. The van der Waals surface area contributed by atoms with Crippen LogP contribution in [0.2, 0.25) is 0 Å². The lowest BCUT2D eigenvalue weighted by atomic mass is 9.45. The van der Waals surface area contributed by atoms with Crippen LogP contribution in [0.4, 0.5) is 0 Å². The highest BCUT2D eigenvalue weighted by molar-refractivity contribution is 5.89. The molecule has 0 aromatic rings. The Hall–Kier alpha value is -0.940. The Labute approximate surface area is 125 Å². The third kappa shape index (κ3) is 1.90. The van der Waals surface area contributed by atoms with E-state index >= 15 is 0 Å². The van der Waals surface area contributed by atoms with Crippen LogP contribution in [0.5, 0.6) is 0 Å². The molecule has 2 saturated carbocycles. The zero-order chi connectivity index (χ0) is 15.5. The van der Waals surface area contributed by atoms with E-state index in [0.717, 1.165) is 19.3 Å². The third-order valence-electron chi connectivity index (χ3n) is 6.19. The Morgan fingerprint density at radius 3 is 2.67 bits per heavy atom. The molecule has 3 aliphatic rings. The average molecular weight is 296 g/mol. The van der Waals surface area contributed by atoms with E-state index < -0.39 is 5.60 Å². The molecule has 2 aliphatic carbocycles. The van der Waals surface area contributed by atoms with Crippen LogP contribution in [0, 0.1) is 10.8 Å². The lowest BCUT2D eigenvalue weighted by Gasteiger charge is -2.64. The van der Waals surface area contributed by atoms with E-state index in [-0.39, 0.29) is 34.8 Å². The summed E-state index contributed by atoms with van der Waals surface area (Å²) < 4.78 is 5.35. The summed E-state index contributed by atoms with van der Waals surface area (Å²) in [6, 6.07) is 0. The molecule has 1 heterocycles. The summed E-state index contributed by atoms with van der Waals surface area (Å²) in [6.07, 6.45) is 3.11. The zero-order valence-electron chi connectivity index (χ0n) is 13.2. The number of carbonyl (C=O) groups excluding carboxylic acids is 2. The molecule has 1 saturated heterocycles. The molecule has 1 aliphatic heterocycles. The molecule has 2 bridgehead atoms. The van der Waals surface area contributed by atoms with Gasteiger partial charge < -0.3 is 4.74 Å². The topological polar surface area (TPSA) is 61.8 Å².